The molecule has 4 rings (SSSR count). The summed E-state index contributed by atoms with van der Waals surface area (Å²) >= 11 is 0. The predicted octanol–water partition coefficient (Wildman–Crippen LogP) is 3.37. The molecule has 0 amide bonds. The first-order valence-corrected chi connectivity index (χ1v) is 11.4. The Morgan fingerprint density at radius 2 is 2.03 bits per heavy atom. The standard InChI is InChI=1S/C24H33N5O2/c1-3-31-23(30)20-15-27-24(28-16-20)29-10-7-18(8-11-29)13-25-9-6-19-14-26-22-5-4-17(2)12-21(19)22/h4-5,12,15-16,18-19,25-26H,3,6-11,13-14H2,1-2H3. The number of nitrogens with zero attached hydrogens (tertiary/aromatic N) is 3. The van der Waals surface area contributed by atoms with Gasteiger partial charge in [-0.2, -0.15) is 0 Å². The zero-order valence-corrected chi connectivity index (χ0v) is 18.6. The van der Waals surface area contributed by atoms with Crippen molar-refractivity contribution in [2.24, 2.45) is 5.92 Å². The minimum absolute atomic E-state index is 0.354. The first-order chi connectivity index (χ1) is 15.1. The lowest BCUT2D eigenvalue weighted by Crippen LogP contribution is -2.38. The van der Waals surface area contributed by atoms with Crippen molar-refractivity contribution in [1.82, 2.24) is 15.3 Å². The monoisotopic (exact) mass is 423 g/mol. The Labute approximate surface area is 184 Å². The molecule has 1 unspecified atom stereocenters. The van der Waals surface area contributed by atoms with Crippen LogP contribution in [-0.2, 0) is 4.74 Å². The molecule has 1 aromatic carbocycles. The number of fused-ring (bicyclic) bond motifs is 1. The number of aromatic nitrogens is 2. The quantitative estimate of drug-likeness (QED) is 0.498. The smallest absolute Gasteiger partial charge is 0.341 e. The van der Waals surface area contributed by atoms with Crippen LogP contribution in [0.2, 0.25) is 0 Å². The average Bonchev–Trinajstić information content (AvgIpc) is 3.19. The number of carbonyl (C=O) groups excluding carboxylic acids is 1. The van der Waals surface area contributed by atoms with Crippen LogP contribution in [0.15, 0.2) is 30.6 Å². The number of aryl methyl sites for hydroxylation is 1. The van der Waals surface area contributed by atoms with E-state index < -0.39 is 0 Å². The second-order valence-corrected chi connectivity index (χ2v) is 8.58. The van der Waals surface area contributed by atoms with Gasteiger partial charge in [0.05, 0.1) is 12.2 Å². The highest BCUT2D eigenvalue weighted by molar-refractivity contribution is 5.88. The lowest BCUT2D eigenvalue weighted by atomic mass is 9.95. The van der Waals surface area contributed by atoms with E-state index in [0.29, 0.717) is 30.0 Å². The van der Waals surface area contributed by atoms with Crippen molar-refractivity contribution >= 4 is 17.6 Å². The van der Waals surface area contributed by atoms with Crippen molar-refractivity contribution in [2.45, 2.75) is 39.0 Å². The fourth-order valence-corrected chi connectivity index (χ4v) is 4.51. The first kappa shape index (κ1) is 21.6. The number of piperidine rings is 1. The normalized spacial score (nSPS) is 18.5. The lowest BCUT2D eigenvalue weighted by Gasteiger charge is -2.32. The average molecular weight is 424 g/mol. The highest BCUT2D eigenvalue weighted by Crippen LogP contribution is 2.33. The number of esters is 1. The molecular weight excluding hydrogens is 390 g/mol. The molecule has 2 aliphatic heterocycles. The van der Waals surface area contributed by atoms with E-state index in [2.05, 4.69) is 50.6 Å². The summed E-state index contributed by atoms with van der Waals surface area (Å²) in [7, 11) is 0. The van der Waals surface area contributed by atoms with Gasteiger partial charge >= 0.3 is 5.97 Å². The molecule has 7 heteroatoms. The Bertz CT molecular complexity index is 878. The van der Waals surface area contributed by atoms with E-state index in [4.69, 9.17) is 4.74 Å². The van der Waals surface area contributed by atoms with E-state index in [-0.39, 0.29) is 5.97 Å². The Hall–Kier alpha value is -2.67. The molecule has 1 saturated heterocycles. The van der Waals surface area contributed by atoms with Crippen LogP contribution in [0.25, 0.3) is 0 Å². The molecule has 31 heavy (non-hydrogen) atoms. The topological polar surface area (TPSA) is 79.4 Å². The van der Waals surface area contributed by atoms with Crippen LogP contribution in [-0.4, -0.2) is 55.3 Å². The molecule has 1 fully saturated rings. The Kier molecular flexibility index (Phi) is 7.02. The molecule has 0 bridgehead atoms. The molecule has 166 valence electrons. The molecular formula is C24H33N5O2. The minimum Gasteiger partial charge on any atom is -0.462 e. The van der Waals surface area contributed by atoms with Crippen molar-refractivity contribution in [3.63, 3.8) is 0 Å². The van der Waals surface area contributed by atoms with Gasteiger partial charge in [-0.1, -0.05) is 17.7 Å². The maximum Gasteiger partial charge on any atom is 0.341 e. The summed E-state index contributed by atoms with van der Waals surface area (Å²) in [6.07, 6.45) is 6.55. The van der Waals surface area contributed by atoms with Crippen LogP contribution in [0.4, 0.5) is 11.6 Å². The van der Waals surface area contributed by atoms with E-state index in [1.807, 2.05) is 0 Å². The molecule has 3 heterocycles. The van der Waals surface area contributed by atoms with Gasteiger partial charge in [-0.25, -0.2) is 14.8 Å². The molecule has 1 atom stereocenters. The van der Waals surface area contributed by atoms with Crippen LogP contribution in [0.3, 0.4) is 0 Å². The number of ether oxygens (including phenoxy) is 1. The molecule has 2 aromatic rings. The SMILES string of the molecule is CCOC(=O)c1cnc(N2CCC(CNCCC3CNc4ccc(C)cc43)CC2)nc1. The summed E-state index contributed by atoms with van der Waals surface area (Å²) in [4.78, 5) is 22.7. The number of rotatable bonds is 8. The molecule has 0 saturated carbocycles. The van der Waals surface area contributed by atoms with Crippen LogP contribution in [0.1, 0.15) is 53.6 Å². The van der Waals surface area contributed by atoms with Gasteiger partial charge in [-0.3, -0.25) is 0 Å². The largest absolute Gasteiger partial charge is 0.462 e. The molecule has 0 spiro atoms. The van der Waals surface area contributed by atoms with Gasteiger partial charge in [0.25, 0.3) is 0 Å². The molecule has 2 aliphatic rings. The third-order valence-corrected chi connectivity index (χ3v) is 6.34. The zero-order valence-electron chi connectivity index (χ0n) is 18.6. The van der Waals surface area contributed by atoms with Gasteiger partial charge in [-0.15, -0.1) is 0 Å². The van der Waals surface area contributed by atoms with E-state index in [9.17, 15) is 4.79 Å². The van der Waals surface area contributed by atoms with Crippen LogP contribution in [0, 0.1) is 12.8 Å². The second-order valence-electron chi connectivity index (χ2n) is 8.58. The minimum atomic E-state index is -0.370. The van der Waals surface area contributed by atoms with E-state index in [1.165, 1.54) is 23.2 Å². The summed E-state index contributed by atoms with van der Waals surface area (Å²) in [6, 6.07) is 6.72. The predicted molar refractivity (Wildman–Crippen MR) is 123 cm³/mol. The molecule has 2 N–H and O–H groups in total. The Morgan fingerprint density at radius 3 is 2.77 bits per heavy atom. The highest BCUT2D eigenvalue weighted by atomic mass is 16.5. The third kappa shape index (κ3) is 5.34. The third-order valence-electron chi connectivity index (χ3n) is 6.34. The highest BCUT2D eigenvalue weighted by Gasteiger charge is 2.23. The fraction of sp³-hybridized carbons (Fsp3) is 0.542. The molecule has 7 nitrogen and oxygen atoms in total. The molecule has 0 radical (unpaired) electrons. The van der Waals surface area contributed by atoms with Crippen molar-refractivity contribution in [3.05, 3.63) is 47.3 Å². The van der Waals surface area contributed by atoms with Crippen molar-refractivity contribution in [1.29, 1.82) is 0 Å². The maximum atomic E-state index is 11.7. The van der Waals surface area contributed by atoms with Gasteiger partial charge in [0.15, 0.2) is 0 Å². The van der Waals surface area contributed by atoms with Crippen LogP contribution >= 0.6 is 0 Å². The number of benzene rings is 1. The first-order valence-electron chi connectivity index (χ1n) is 11.4. The number of anilines is 2. The summed E-state index contributed by atoms with van der Waals surface area (Å²) in [6.45, 7) is 9.38. The van der Waals surface area contributed by atoms with E-state index >= 15 is 0 Å². The number of nitrogens with one attached hydrogen (secondary N) is 2. The summed E-state index contributed by atoms with van der Waals surface area (Å²) in [5, 5.41) is 7.22. The second kappa shape index (κ2) is 10.1. The zero-order chi connectivity index (χ0) is 21.6. The fourth-order valence-electron chi connectivity index (χ4n) is 4.51. The van der Waals surface area contributed by atoms with Crippen molar-refractivity contribution in [3.8, 4) is 0 Å². The van der Waals surface area contributed by atoms with Crippen LogP contribution < -0.4 is 15.5 Å². The van der Waals surface area contributed by atoms with Gasteiger partial charge in [0.1, 0.15) is 0 Å². The Morgan fingerprint density at radius 1 is 1.26 bits per heavy atom. The Balaban J connectivity index is 1.17. The van der Waals surface area contributed by atoms with Crippen molar-refractivity contribution < 1.29 is 9.53 Å². The molecule has 1 aromatic heterocycles. The lowest BCUT2D eigenvalue weighted by molar-refractivity contribution is 0.0525. The van der Waals surface area contributed by atoms with Crippen LogP contribution in [0.5, 0.6) is 0 Å². The maximum absolute atomic E-state index is 11.7. The van der Waals surface area contributed by atoms with E-state index in [1.54, 1.807) is 19.3 Å². The van der Waals surface area contributed by atoms with Crippen molar-refractivity contribution in [2.75, 3.05) is 49.5 Å². The summed E-state index contributed by atoms with van der Waals surface area (Å²) in [5.74, 6) is 1.62. The van der Waals surface area contributed by atoms with Gasteiger partial charge in [0, 0.05) is 43.6 Å². The number of hydrogen-bond acceptors (Lipinski definition) is 7. The molecule has 0 aliphatic carbocycles. The van der Waals surface area contributed by atoms with Gasteiger partial charge < -0.3 is 20.3 Å². The van der Waals surface area contributed by atoms with E-state index in [0.717, 1.165) is 45.6 Å². The summed E-state index contributed by atoms with van der Waals surface area (Å²) < 4.78 is 4.99. The number of hydrogen-bond donors (Lipinski definition) is 2. The van der Waals surface area contributed by atoms with Gasteiger partial charge in [0.2, 0.25) is 5.95 Å². The number of carbonyl (C=O) groups is 1. The summed E-state index contributed by atoms with van der Waals surface area (Å²) in [5.41, 5.74) is 4.52. The van der Waals surface area contributed by atoms with Gasteiger partial charge in [-0.05, 0) is 63.7 Å².